The Morgan fingerprint density at radius 3 is 1.36 bits per heavy atom. The maximum absolute atomic E-state index is 5.19. The molecule has 7 nitrogen and oxygen atoms in total. The largest absolute Gasteiger partial charge is 0.303 e. The van der Waals surface area contributed by atoms with Crippen LogP contribution in [0, 0.1) is 0 Å². The lowest BCUT2D eigenvalue weighted by atomic mass is 10.1. The van der Waals surface area contributed by atoms with E-state index in [0.29, 0.717) is 0 Å². The zero-order valence-electron chi connectivity index (χ0n) is 31.4. The van der Waals surface area contributed by atoms with E-state index in [4.69, 9.17) is 15.0 Å². The van der Waals surface area contributed by atoms with Crippen LogP contribution in [-0.4, -0.2) is 33.5 Å². The topological polar surface area (TPSA) is 65.8 Å². The van der Waals surface area contributed by atoms with Crippen LogP contribution in [0.4, 0.5) is 0 Å². The lowest BCUT2D eigenvalue weighted by Gasteiger charge is -2.12. The highest BCUT2D eigenvalue weighted by Crippen LogP contribution is 2.33. The fourth-order valence-electron chi connectivity index (χ4n) is 6.95. The summed E-state index contributed by atoms with van der Waals surface area (Å²) in [7, 11) is 0. The van der Waals surface area contributed by atoms with Gasteiger partial charge in [0.1, 0.15) is 17.3 Å². The maximum atomic E-state index is 5.19. The Kier molecular flexibility index (Phi) is 9.82. The van der Waals surface area contributed by atoms with E-state index in [1.54, 1.807) is 0 Å². The highest BCUT2D eigenvalue weighted by Gasteiger charge is 2.18. The molecule has 0 saturated heterocycles. The molecule has 0 aliphatic heterocycles. The standard InChI is InChI=1S/C44H29N7.2C2H6/c1-3-11-34(12-4-1)50-39-17-9-7-15-36(39)47-42(50)32-23-19-30(20-24-32)38-29-49-28-27-45-44(49)41(46-38)31-21-25-33(26-22-31)43-48-37-16-8-10-18-40(37)51(43)35-13-5-2-6-14-35;2*1-2/h1-29H;2*1-2H3. The van der Waals surface area contributed by atoms with Crippen LogP contribution >= 0.6 is 0 Å². The summed E-state index contributed by atoms with van der Waals surface area (Å²) in [4.78, 5) is 20.0. The van der Waals surface area contributed by atoms with Crippen molar-refractivity contribution in [2.75, 3.05) is 0 Å². The van der Waals surface area contributed by atoms with Crippen molar-refractivity contribution in [2.45, 2.75) is 27.7 Å². The van der Waals surface area contributed by atoms with Gasteiger partial charge in [-0.05, 0) is 48.5 Å². The van der Waals surface area contributed by atoms with Crippen molar-refractivity contribution in [3.8, 4) is 56.7 Å². The fraction of sp³-hybridized carbons (Fsp3) is 0.0833. The summed E-state index contributed by atoms with van der Waals surface area (Å²) in [6.07, 6.45) is 5.83. The minimum atomic E-state index is 0.802. The molecule has 0 unspecified atom stereocenters. The number of para-hydroxylation sites is 6. The summed E-state index contributed by atoms with van der Waals surface area (Å²) in [5.41, 5.74) is 12.7. The van der Waals surface area contributed by atoms with Crippen LogP contribution in [0.2, 0.25) is 0 Å². The second-order valence-electron chi connectivity index (χ2n) is 12.5. The van der Waals surface area contributed by atoms with E-state index in [9.17, 15) is 0 Å². The first kappa shape index (κ1) is 34.9. The van der Waals surface area contributed by atoms with Crippen LogP contribution in [0.25, 0.3) is 84.4 Å². The van der Waals surface area contributed by atoms with Crippen LogP contribution in [0.3, 0.4) is 0 Å². The number of aromatic nitrogens is 7. The van der Waals surface area contributed by atoms with Crippen molar-refractivity contribution in [1.82, 2.24) is 33.5 Å². The maximum Gasteiger partial charge on any atom is 0.163 e. The molecular formula is C48H41N7. The first-order valence-corrected chi connectivity index (χ1v) is 18.9. The zero-order chi connectivity index (χ0) is 37.7. The van der Waals surface area contributed by atoms with E-state index in [0.717, 1.165) is 84.4 Å². The number of imidazole rings is 3. The van der Waals surface area contributed by atoms with Gasteiger partial charge in [-0.1, -0.05) is 137 Å². The van der Waals surface area contributed by atoms with Gasteiger partial charge in [0.05, 0.1) is 27.8 Å². The quantitative estimate of drug-likeness (QED) is 0.172. The van der Waals surface area contributed by atoms with Crippen LogP contribution < -0.4 is 0 Å². The average Bonchev–Trinajstić information content (AvgIpc) is 4.02. The Bertz CT molecular complexity index is 2830. The zero-order valence-corrected chi connectivity index (χ0v) is 31.4. The highest BCUT2D eigenvalue weighted by atomic mass is 15.1. The number of hydrogen-bond acceptors (Lipinski definition) is 4. The Balaban J connectivity index is 0.00000104. The highest BCUT2D eigenvalue weighted by molar-refractivity contribution is 5.85. The molecule has 0 amide bonds. The lowest BCUT2D eigenvalue weighted by molar-refractivity contribution is 1.10. The Labute approximate surface area is 320 Å². The van der Waals surface area contributed by atoms with Gasteiger partial charge in [-0.15, -0.1) is 0 Å². The molecule has 0 saturated carbocycles. The van der Waals surface area contributed by atoms with E-state index in [2.05, 4.69) is 148 Å². The Hall–Kier alpha value is -7.12. The van der Waals surface area contributed by atoms with E-state index in [1.807, 2.05) is 75.0 Å². The third-order valence-electron chi connectivity index (χ3n) is 9.38. The summed E-state index contributed by atoms with van der Waals surface area (Å²) in [5, 5.41) is 0. The van der Waals surface area contributed by atoms with Gasteiger partial charge in [0.15, 0.2) is 5.65 Å². The van der Waals surface area contributed by atoms with E-state index >= 15 is 0 Å². The summed E-state index contributed by atoms with van der Waals surface area (Å²) in [5.74, 6) is 1.79. The molecule has 268 valence electrons. The van der Waals surface area contributed by atoms with Crippen molar-refractivity contribution in [3.63, 3.8) is 0 Å². The molecule has 0 fully saturated rings. The van der Waals surface area contributed by atoms with Crippen molar-refractivity contribution >= 4 is 27.7 Å². The van der Waals surface area contributed by atoms with E-state index in [1.165, 1.54) is 0 Å². The molecule has 0 radical (unpaired) electrons. The number of rotatable bonds is 6. The molecule has 4 heterocycles. The summed E-state index contributed by atoms with van der Waals surface area (Å²) in [6, 6.07) is 54.2. The van der Waals surface area contributed by atoms with E-state index in [-0.39, 0.29) is 0 Å². The van der Waals surface area contributed by atoms with E-state index < -0.39 is 0 Å². The first-order valence-electron chi connectivity index (χ1n) is 18.9. The normalized spacial score (nSPS) is 10.9. The minimum Gasteiger partial charge on any atom is -0.303 e. The van der Waals surface area contributed by atoms with Gasteiger partial charge in [-0.2, -0.15) is 0 Å². The summed E-state index contributed by atoms with van der Waals surface area (Å²) < 4.78 is 6.48. The predicted molar refractivity (Wildman–Crippen MR) is 227 cm³/mol. The van der Waals surface area contributed by atoms with Gasteiger partial charge in [0, 0.05) is 52.2 Å². The number of hydrogen-bond donors (Lipinski definition) is 0. The smallest absolute Gasteiger partial charge is 0.163 e. The molecule has 7 heteroatoms. The van der Waals surface area contributed by atoms with Gasteiger partial charge in [-0.25, -0.2) is 19.9 Å². The van der Waals surface area contributed by atoms with Crippen LogP contribution in [0.1, 0.15) is 27.7 Å². The van der Waals surface area contributed by atoms with Crippen molar-refractivity contribution in [3.05, 3.63) is 176 Å². The number of fused-ring (bicyclic) bond motifs is 3. The number of benzene rings is 6. The van der Waals surface area contributed by atoms with Crippen molar-refractivity contribution < 1.29 is 0 Å². The van der Waals surface area contributed by atoms with Gasteiger partial charge in [-0.3, -0.25) is 9.13 Å². The molecule has 4 aromatic heterocycles. The van der Waals surface area contributed by atoms with Gasteiger partial charge in [0.2, 0.25) is 0 Å². The molecule has 0 spiro atoms. The Morgan fingerprint density at radius 2 is 0.855 bits per heavy atom. The lowest BCUT2D eigenvalue weighted by Crippen LogP contribution is -1.98. The number of nitrogens with zero attached hydrogens (tertiary/aromatic N) is 7. The molecule has 0 atom stereocenters. The second kappa shape index (κ2) is 15.5. The van der Waals surface area contributed by atoms with Gasteiger partial charge >= 0.3 is 0 Å². The molecule has 10 aromatic rings. The van der Waals surface area contributed by atoms with Crippen molar-refractivity contribution in [2.24, 2.45) is 0 Å². The molecule has 0 bridgehead atoms. The minimum absolute atomic E-state index is 0.802. The van der Waals surface area contributed by atoms with Gasteiger partial charge < -0.3 is 4.40 Å². The summed E-state index contributed by atoms with van der Waals surface area (Å²) >= 11 is 0. The summed E-state index contributed by atoms with van der Waals surface area (Å²) in [6.45, 7) is 8.00. The molecule has 10 rings (SSSR count). The van der Waals surface area contributed by atoms with Crippen LogP contribution in [0.5, 0.6) is 0 Å². The molecule has 0 aliphatic rings. The van der Waals surface area contributed by atoms with Gasteiger partial charge in [0.25, 0.3) is 0 Å². The van der Waals surface area contributed by atoms with Crippen molar-refractivity contribution in [1.29, 1.82) is 0 Å². The molecule has 6 aromatic carbocycles. The van der Waals surface area contributed by atoms with Crippen LogP contribution in [0.15, 0.2) is 176 Å². The predicted octanol–water partition coefficient (Wildman–Crippen LogP) is 12.1. The Morgan fingerprint density at radius 1 is 0.418 bits per heavy atom. The molecule has 0 aliphatic carbocycles. The average molecular weight is 716 g/mol. The molecule has 55 heavy (non-hydrogen) atoms. The SMILES string of the molecule is CC.CC.c1ccc(-n2c(-c3ccc(-c4cn5ccnc5c(-c5ccc(-c6nc7ccccc7n6-c6ccccc6)cc5)n4)cc3)nc3ccccc32)cc1. The molecule has 0 N–H and O–H groups in total. The fourth-order valence-corrected chi connectivity index (χ4v) is 6.95. The monoisotopic (exact) mass is 715 g/mol. The van der Waals surface area contributed by atoms with Crippen LogP contribution in [-0.2, 0) is 0 Å². The first-order chi connectivity index (χ1) is 27.3. The third kappa shape index (κ3) is 6.46. The second-order valence-corrected chi connectivity index (χ2v) is 12.5. The molecular weight excluding hydrogens is 675 g/mol. The third-order valence-corrected chi connectivity index (χ3v) is 9.38.